The summed E-state index contributed by atoms with van der Waals surface area (Å²) in [5.74, 6) is 0.346. The maximum Gasteiger partial charge on any atom is 0.416 e. The summed E-state index contributed by atoms with van der Waals surface area (Å²) in [4.78, 5) is 11.9. The van der Waals surface area contributed by atoms with Gasteiger partial charge in [-0.2, -0.15) is 24.9 Å². The summed E-state index contributed by atoms with van der Waals surface area (Å²) < 4.78 is 43.6. The molecule has 0 aliphatic heterocycles. The lowest BCUT2D eigenvalue weighted by Crippen LogP contribution is -2.51. The number of aliphatic hydroxyl groups excluding tert-OH is 1. The van der Waals surface area contributed by atoms with Crippen LogP contribution in [0.3, 0.4) is 0 Å². The van der Waals surface area contributed by atoms with Gasteiger partial charge in [-0.3, -0.25) is 0 Å². The molecule has 2 unspecified atom stereocenters. The van der Waals surface area contributed by atoms with Crippen LogP contribution in [0.4, 0.5) is 18.0 Å². The molecule has 2 N–H and O–H groups in total. The van der Waals surface area contributed by atoms with Gasteiger partial charge in [0, 0.05) is 11.5 Å². The summed E-state index contributed by atoms with van der Waals surface area (Å²) in [6.07, 6.45) is -8.53. The number of hydrogen-bond donors (Lipinski definition) is 2. The van der Waals surface area contributed by atoms with Crippen molar-refractivity contribution in [3.63, 3.8) is 0 Å². The molecule has 0 saturated carbocycles. The molecule has 2 aromatic carbocycles. The van der Waals surface area contributed by atoms with E-state index in [4.69, 9.17) is 4.74 Å². The molecule has 146 valence electrons. The molecule has 0 heterocycles. The highest BCUT2D eigenvalue weighted by Crippen LogP contribution is 2.25. The van der Waals surface area contributed by atoms with Crippen LogP contribution in [0.5, 0.6) is 0 Å². The maximum absolute atomic E-state index is 12.9. The van der Waals surface area contributed by atoms with Gasteiger partial charge in [0.1, 0.15) is 6.61 Å². The van der Waals surface area contributed by atoms with Gasteiger partial charge >= 0.3 is 12.3 Å². The number of benzene rings is 2. The van der Waals surface area contributed by atoms with Crippen LogP contribution in [0.1, 0.15) is 11.1 Å². The van der Waals surface area contributed by atoms with Gasteiger partial charge in [0.15, 0.2) is 6.10 Å². The van der Waals surface area contributed by atoms with Crippen molar-refractivity contribution in [1.82, 2.24) is 5.32 Å². The fraction of sp³-hybridized carbons (Fsp3) is 0.316. The zero-order valence-corrected chi connectivity index (χ0v) is 15.2. The van der Waals surface area contributed by atoms with Crippen molar-refractivity contribution < 1.29 is 27.8 Å². The largest absolute Gasteiger partial charge is 0.445 e. The third kappa shape index (κ3) is 7.52. The van der Waals surface area contributed by atoms with Gasteiger partial charge in [0.2, 0.25) is 0 Å². The summed E-state index contributed by atoms with van der Waals surface area (Å²) in [7, 11) is 0. The van der Waals surface area contributed by atoms with Crippen LogP contribution in [-0.2, 0) is 17.1 Å². The molecule has 0 spiro atoms. The number of hydrogen-bond acceptors (Lipinski definition) is 4. The second-order valence-electron chi connectivity index (χ2n) is 5.80. The van der Waals surface area contributed by atoms with Crippen LogP contribution < -0.4 is 5.32 Å². The van der Waals surface area contributed by atoms with E-state index in [0.717, 1.165) is 5.56 Å². The van der Waals surface area contributed by atoms with Crippen molar-refractivity contribution >= 4 is 17.9 Å². The van der Waals surface area contributed by atoms with Crippen LogP contribution in [0.2, 0.25) is 0 Å². The van der Waals surface area contributed by atoms with Gasteiger partial charge in [0.25, 0.3) is 0 Å². The average Bonchev–Trinajstić information content (AvgIpc) is 2.66. The molecular formula is C19H20F3NO3S. The lowest BCUT2D eigenvalue weighted by atomic mass is 10.2. The van der Waals surface area contributed by atoms with Gasteiger partial charge in [-0.1, -0.05) is 60.7 Å². The Balaban J connectivity index is 1.89. The molecule has 2 rings (SSSR count). The first-order chi connectivity index (χ1) is 12.9. The summed E-state index contributed by atoms with van der Waals surface area (Å²) in [6.45, 7) is -0.0708. The number of aliphatic hydroxyl groups is 1. The van der Waals surface area contributed by atoms with Crippen molar-refractivity contribution in [2.24, 2.45) is 0 Å². The number of nitrogens with one attached hydrogen (secondary N) is 1. The quantitative estimate of drug-likeness (QED) is 0.701. The van der Waals surface area contributed by atoms with Crippen molar-refractivity contribution in [2.75, 3.05) is 5.75 Å². The number of alkyl halides is 3. The standard InChI is InChI=1S/C19H20F3NO3S/c20-19(21,22)17(24)16(13-27-12-15-9-5-2-6-10-15)23-18(25)26-11-14-7-3-1-4-8-14/h1-10,16-17,24H,11-13H2,(H,23,25). The Morgan fingerprint density at radius 3 is 2.15 bits per heavy atom. The maximum atomic E-state index is 12.9. The molecule has 8 heteroatoms. The molecule has 27 heavy (non-hydrogen) atoms. The second-order valence-corrected chi connectivity index (χ2v) is 6.83. The smallest absolute Gasteiger partial charge is 0.416 e. The van der Waals surface area contributed by atoms with Gasteiger partial charge < -0.3 is 15.2 Å². The first kappa shape index (κ1) is 21.1. The third-order valence-electron chi connectivity index (χ3n) is 3.64. The molecular weight excluding hydrogens is 379 g/mol. The van der Waals surface area contributed by atoms with E-state index in [2.05, 4.69) is 5.32 Å². The Hall–Kier alpha value is -2.19. The molecule has 2 atom stereocenters. The molecule has 0 aliphatic carbocycles. The van der Waals surface area contributed by atoms with Crippen LogP contribution in [-0.4, -0.2) is 35.3 Å². The average molecular weight is 399 g/mol. The summed E-state index contributed by atoms with van der Waals surface area (Å²) >= 11 is 1.19. The number of thioether (sulfide) groups is 1. The Bertz CT molecular complexity index is 698. The Morgan fingerprint density at radius 2 is 1.59 bits per heavy atom. The van der Waals surface area contributed by atoms with E-state index in [1.807, 2.05) is 30.3 Å². The van der Waals surface area contributed by atoms with E-state index in [9.17, 15) is 23.1 Å². The molecule has 0 saturated heterocycles. The van der Waals surface area contributed by atoms with Crippen LogP contribution >= 0.6 is 11.8 Å². The summed E-state index contributed by atoms with van der Waals surface area (Å²) in [6, 6.07) is 16.5. The first-order valence-corrected chi connectivity index (χ1v) is 9.35. The Kier molecular flexibility index (Phi) is 7.99. The van der Waals surface area contributed by atoms with Crippen LogP contribution in [0.15, 0.2) is 60.7 Å². The van der Waals surface area contributed by atoms with Crippen molar-refractivity contribution in [3.8, 4) is 0 Å². The monoisotopic (exact) mass is 399 g/mol. The second kappa shape index (κ2) is 10.2. The summed E-state index contributed by atoms with van der Waals surface area (Å²) in [5, 5.41) is 11.7. The van der Waals surface area contributed by atoms with Crippen LogP contribution in [0.25, 0.3) is 0 Å². The molecule has 0 bridgehead atoms. The molecule has 0 fully saturated rings. The minimum atomic E-state index is -4.84. The topological polar surface area (TPSA) is 58.6 Å². The van der Waals surface area contributed by atoms with Gasteiger partial charge in [-0.05, 0) is 11.1 Å². The number of amides is 1. The van der Waals surface area contributed by atoms with E-state index in [0.29, 0.717) is 11.3 Å². The van der Waals surface area contributed by atoms with Gasteiger partial charge in [0.05, 0.1) is 6.04 Å². The minimum Gasteiger partial charge on any atom is -0.445 e. The third-order valence-corrected chi connectivity index (χ3v) is 4.77. The number of carbonyl (C=O) groups is 1. The highest BCUT2D eigenvalue weighted by molar-refractivity contribution is 7.98. The number of carbonyl (C=O) groups excluding carboxylic acids is 1. The SMILES string of the molecule is O=C(NC(CSCc1ccccc1)C(O)C(F)(F)F)OCc1ccccc1. The minimum absolute atomic E-state index is 0.0708. The molecule has 1 amide bonds. The molecule has 4 nitrogen and oxygen atoms in total. The molecule has 0 aliphatic rings. The predicted octanol–water partition coefficient (Wildman–Crippen LogP) is 4.14. The van der Waals surface area contributed by atoms with E-state index in [-0.39, 0.29) is 12.4 Å². The number of alkyl carbamates (subject to hydrolysis) is 1. The van der Waals surface area contributed by atoms with Crippen molar-refractivity contribution in [1.29, 1.82) is 0 Å². The van der Waals surface area contributed by atoms with E-state index in [1.54, 1.807) is 30.3 Å². The predicted molar refractivity (Wildman–Crippen MR) is 98.2 cm³/mol. The Labute approximate surface area is 159 Å². The lowest BCUT2D eigenvalue weighted by molar-refractivity contribution is -0.209. The zero-order valence-electron chi connectivity index (χ0n) is 14.4. The van der Waals surface area contributed by atoms with Crippen LogP contribution in [0, 0.1) is 0 Å². The van der Waals surface area contributed by atoms with Gasteiger partial charge in [-0.25, -0.2) is 4.79 Å². The summed E-state index contributed by atoms with van der Waals surface area (Å²) in [5.41, 5.74) is 1.65. The molecule has 0 radical (unpaired) electrons. The Morgan fingerprint density at radius 1 is 1.04 bits per heavy atom. The van der Waals surface area contributed by atoms with E-state index in [1.165, 1.54) is 11.8 Å². The molecule has 0 aromatic heterocycles. The van der Waals surface area contributed by atoms with Gasteiger partial charge in [-0.15, -0.1) is 0 Å². The lowest BCUT2D eigenvalue weighted by Gasteiger charge is -2.25. The fourth-order valence-corrected chi connectivity index (χ4v) is 3.30. The van der Waals surface area contributed by atoms with E-state index < -0.39 is 24.4 Å². The van der Waals surface area contributed by atoms with Crippen molar-refractivity contribution in [2.45, 2.75) is 30.7 Å². The zero-order chi connectivity index (χ0) is 19.7. The molecule has 2 aromatic rings. The highest BCUT2D eigenvalue weighted by atomic mass is 32.2. The normalized spacial score (nSPS) is 13.6. The number of rotatable bonds is 8. The van der Waals surface area contributed by atoms with Crippen molar-refractivity contribution in [3.05, 3.63) is 71.8 Å². The van der Waals surface area contributed by atoms with E-state index >= 15 is 0 Å². The number of halogens is 3. The first-order valence-electron chi connectivity index (χ1n) is 8.20. The fourth-order valence-electron chi connectivity index (χ4n) is 2.23. The number of ether oxygens (including phenoxy) is 1. The highest BCUT2D eigenvalue weighted by Gasteiger charge is 2.44.